The molecule has 1 N–H and O–H groups in total. The molecule has 1 fully saturated rings. The minimum absolute atomic E-state index is 0.366. The Balaban J connectivity index is 1.80. The van der Waals surface area contributed by atoms with E-state index in [1.807, 2.05) is 0 Å². The topological polar surface area (TPSA) is 24.5 Å². The average molecular weight is 228 g/mol. The minimum Gasteiger partial charge on any atom is -0.379 e. The van der Waals surface area contributed by atoms with Gasteiger partial charge in [0.1, 0.15) is 0 Å². The number of likely N-dealkylation sites (N-methyl/N-ethyl adjacent to an activating group) is 1. The predicted molar refractivity (Wildman–Crippen MR) is 68.8 cm³/mol. The van der Waals surface area contributed by atoms with Gasteiger partial charge in [0.05, 0.1) is 6.10 Å². The lowest BCUT2D eigenvalue weighted by atomic mass is 9.92. The molecule has 0 aromatic carbocycles. The second kappa shape index (κ2) is 8.04. The Morgan fingerprint density at radius 1 is 1.31 bits per heavy atom. The molecule has 3 heteroatoms. The SMILES string of the molecule is CC(C)OCCCNCCN(C)C1CCC1. The zero-order valence-electron chi connectivity index (χ0n) is 11.2. The van der Waals surface area contributed by atoms with Gasteiger partial charge in [-0.2, -0.15) is 0 Å². The second-order valence-electron chi connectivity index (χ2n) is 5.09. The molecule has 1 saturated carbocycles. The van der Waals surface area contributed by atoms with Crippen LogP contribution in [0.1, 0.15) is 39.5 Å². The van der Waals surface area contributed by atoms with Crippen LogP contribution in [0, 0.1) is 0 Å². The summed E-state index contributed by atoms with van der Waals surface area (Å²) in [6.45, 7) is 8.40. The van der Waals surface area contributed by atoms with E-state index in [2.05, 4.69) is 31.1 Å². The molecule has 0 heterocycles. The second-order valence-corrected chi connectivity index (χ2v) is 5.09. The molecule has 0 aliphatic heterocycles. The van der Waals surface area contributed by atoms with E-state index in [1.54, 1.807) is 0 Å². The number of nitrogens with one attached hydrogen (secondary N) is 1. The van der Waals surface area contributed by atoms with Crippen LogP contribution in [0.15, 0.2) is 0 Å². The molecule has 0 spiro atoms. The standard InChI is InChI=1S/C13H28N2O/c1-12(2)16-11-5-8-14-9-10-15(3)13-6-4-7-13/h12-14H,4-11H2,1-3H3. The van der Waals surface area contributed by atoms with E-state index in [4.69, 9.17) is 4.74 Å². The van der Waals surface area contributed by atoms with Crippen molar-refractivity contribution in [2.45, 2.75) is 51.7 Å². The Morgan fingerprint density at radius 3 is 2.62 bits per heavy atom. The maximum absolute atomic E-state index is 5.48. The molecular weight excluding hydrogens is 200 g/mol. The first-order valence-electron chi connectivity index (χ1n) is 6.72. The van der Waals surface area contributed by atoms with E-state index in [-0.39, 0.29) is 0 Å². The fraction of sp³-hybridized carbons (Fsp3) is 1.00. The number of rotatable bonds is 9. The van der Waals surface area contributed by atoms with Crippen LogP contribution in [-0.4, -0.2) is 50.3 Å². The number of ether oxygens (including phenoxy) is 1. The third-order valence-corrected chi connectivity index (χ3v) is 3.29. The third-order valence-electron chi connectivity index (χ3n) is 3.29. The van der Waals surface area contributed by atoms with Crippen LogP contribution in [0.2, 0.25) is 0 Å². The molecule has 0 aromatic heterocycles. The predicted octanol–water partition coefficient (Wildman–Crippen LogP) is 1.88. The van der Waals surface area contributed by atoms with Gasteiger partial charge in [0.15, 0.2) is 0 Å². The van der Waals surface area contributed by atoms with Crippen molar-refractivity contribution in [2.24, 2.45) is 0 Å². The maximum atomic E-state index is 5.48. The molecule has 0 bridgehead atoms. The van der Waals surface area contributed by atoms with E-state index >= 15 is 0 Å². The van der Waals surface area contributed by atoms with Gasteiger partial charge in [-0.25, -0.2) is 0 Å². The molecule has 1 aliphatic carbocycles. The Hall–Kier alpha value is -0.120. The monoisotopic (exact) mass is 228 g/mol. The number of nitrogens with zero attached hydrogens (tertiary/aromatic N) is 1. The lowest BCUT2D eigenvalue weighted by Gasteiger charge is -2.34. The van der Waals surface area contributed by atoms with Crippen LogP contribution in [0.4, 0.5) is 0 Å². The molecule has 0 amide bonds. The van der Waals surface area contributed by atoms with Gasteiger partial charge < -0.3 is 15.0 Å². The molecule has 16 heavy (non-hydrogen) atoms. The van der Waals surface area contributed by atoms with Gasteiger partial charge >= 0.3 is 0 Å². The van der Waals surface area contributed by atoms with Crippen molar-refractivity contribution in [3.8, 4) is 0 Å². The van der Waals surface area contributed by atoms with Gasteiger partial charge in [-0.15, -0.1) is 0 Å². The molecule has 0 unspecified atom stereocenters. The Bertz CT molecular complexity index is 169. The van der Waals surface area contributed by atoms with Crippen molar-refractivity contribution >= 4 is 0 Å². The van der Waals surface area contributed by atoms with Crippen molar-refractivity contribution in [2.75, 3.05) is 33.3 Å². The summed E-state index contributed by atoms with van der Waals surface area (Å²) >= 11 is 0. The summed E-state index contributed by atoms with van der Waals surface area (Å²) in [5, 5.41) is 3.47. The highest BCUT2D eigenvalue weighted by Gasteiger charge is 2.20. The van der Waals surface area contributed by atoms with Crippen LogP contribution in [0.25, 0.3) is 0 Å². The Morgan fingerprint density at radius 2 is 2.06 bits per heavy atom. The summed E-state index contributed by atoms with van der Waals surface area (Å²) in [7, 11) is 2.24. The summed E-state index contributed by atoms with van der Waals surface area (Å²) < 4.78 is 5.48. The van der Waals surface area contributed by atoms with Crippen molar-refractivity contribution in [3.63, 3.8) is 0 Å². The van der Waals surface area contributed by atoms with Crippen LogP contribution >= 0.6 is 0 Å². The lowest BCUT2D eigenvalue weighted by Crippen LogP contribution is -2.41. The smallest absolute Gasteiger partial charge is 0.0518 e. The Kier molecular flexibility index (Phi) is 7.01. The summed E-state index contributed by atoms with van der Waals surface area (Å²) in [5.74, 6) is 0. The fourth-order valence-corrected chi connectivity index (χ4v) is 1.91. The first kappa shape index (κ1) is 13.9. The molecule has 0 saturated heterocycles. The van der Waals surface area contributed by atoms with Crippen LogP contribution in [-0.2, 0) is 4.74 Å². The largest absolute Gasteiger partial charge is 0.379 e. The fourth-order valence-electron chi connectivity index (χ4n) is 1.91. The molecule has 1 aliphatic rings. The van der Waals surface area contributed by atoms with E-state index in [1.165, 1.54) is 25.8 Å². The lowest BCUT2D eigenvalue weighted by molar-refractivity contribution is 0.0768. The van der Waals surface area contributed by atoms with Gasteiger partial charge in [-0.05, 0) is 46.7 Å². The number of hydrogen-bond donors (Lipinski definition) is 1. The van der Waals surface area contributed by atoms with Crippen LogP contribution in [0.5, 0.6) is 0 Å². The molecule has 0 atom stereocenters. The van der Waals surface area contributed by atoms with E-state index in [9.17, 15) is 0 Å². The van der Waals surface area contributed by atoms with Crippen molar-refractivity contribution in [1.82, 2.24) is 10.2 Å². The van der Waals surface area contributed by atoms with Gasteiger partial charge in [0, 0.05) is 25.7 Å². The van der Waals surface area contributed by atoms with E-state index in [0.29, 0.717) is 6.10 Å². The summed E-state index contributed by atoms with van der Waals surface area (Å²) in [4.78, 5) is 2.49. The van der Waals surface area contributed by atoms with E-state index < -0.39 is 0 Å². The maximum Gasteiger partial charge on any atom is 0.0518 e. The van der Waals surface area contributed by atoms with Gasteiger partial charge in [-0.1, -0.05) is 6.42 Å². The highest BCUT2D eigenvalue weighted by atomic mass is 16.5. The first-order valence-corrected chi connectivity index (χ1v) is 6.72. The molecular formula is C13H28N2O. The summed E-state index contributed by atoms with van der Waals surface area (Å²) in [6, 6.07) is 0.867. The van der Waals surface area contributed by atoms with Crippen molar-refractivity contribution < 1.29 is 4.74 Å². The number of hydrogen-bond acceptors (Lipinski definition) is 3. The quantitative estimate of drug-likeness (QED) is 0.610. The zero-order chi connectivity index (χ0) is 11.8. The summed E-state index contributed by atoms with van der Waals surface area (Å²) in [6.07, 6.45) is 5.71. The van der Waals surface area contributed by atoms with E-state index in [0.717, 1.165) is 32.2 Å². The van der Waals surface area contributed by atoms with Crippen molar-refractivity contribution in [1.29, 1.82) is 0 Å². The average Bonchev–Trinajstić information content (AvgIpc) is 2.13. The molecule has 3 nitrogen and oxygen atoms in total. The zero-order valence-corrected chi connectivity index (χ0v) is 11.2. The third kappa shape index (κ3) is 5.83. The summed E-state index contributed by atoms with van der Waals surface area (Å²) in [5.41, 5.74) is 0. The molecule has 1 rings (SSSR count). The normalized spacial score (nSPS) is 17.1. The van der Waals surface area contributed by atoms with Crippen LogP contribution in [0.3, 0.4) is 0 Å². The molecule has 0 radical (unpaired) electrons. The van der Waals surface area contributed by atoms with Crippen molar-refractivity contribution in [3.05, 3.63) is 0 Å². The first-order chi connectivity index (χ1) is 7.70. The van der Waals surface area contributed by atoms with Crippen LogP contribution < -0.4 is 5.32 Å². The Labute approximate surface area is 101 Å². The highest BCUT2D eigenvalue weighted by Crippen LogP contribution is 2.22. The molecule has 96 valence electrons. The van der Waals surface area contributed by atoms with Gasteiger partial charge in [0.2, 0.25) is 0 Å². The highest BCUT2D eigenvalue weighted by molar-refractivity contribution is 4.77. The minimum atomic E-state index is 0.366. The van der Waals surface area contributed by atoms with Gasteiger partial charge in [-0.3, -0.25) is 0 Å². The van der Waals surface area contributed by atoms with Gasteiger partial charge in [0.25, 0.3) is 0 Å². The molecule has 0 aromatic rings.